The number of imidazole rings is 1. The number of nitrogens with zero attached hydrogens (tertiary/aromatic N) is 3. The van der Waals surface area contributed by atoms with E-state index in [2.05, 4.69) is 11.0 Å². The molecule has 0 atom stereocenters. The van der Waals surface area contributed by atoms with Crippen molar-refractivity contribution in [3.8, 4) is 5.75 Å². The highest BCUT2D eigenvalue weighted by Crippen LogP contribution is 2.28. The van der Waals surface area contributed by atoms with E-state index in [1.54, 1.807) is 24.8 Å². The number of aryl methyl sites for hydroxylation is 3. The molecule has 0 bridgehead atoms. The number of carbonyl (C=O) groups is 1. The average Bonchev–Trinajstić information content (AvgIpc) is 3.07. The summed E-state index contributed by atoms with van der Waals surface area (Å²) in [5.41, 5.74) is 6.26. The van der Waals surface area contributed by atoms with Crippen molar-refractivity contribution in [1.29, 1.82) is 0 Å². The normalized spacial score (nSPS) is 15.9. The first-order valence-corrected chi connectivity index (χ1v) is 11.4. The minimum absolute atomic E-state index is 0.00168. The molecule has 0 unspecified atom stereocenters. The Bertz CT molecular complexity index is 1280. The minimum atomic E-state index is 0.00168. The summed E-state index contributed by atoms with van der Waals surface area (Å²) in [5, 5.41) is 0. The monoisotopic (exact) mass is 431 g/mol. The van der Waals surface area contributed by atoms with Gasteiger partial charge >= 0.3 is 5.69 Å². The summed E-state index contributed by atoms with van der Waals surface area (Å²) in [6, 6.07) is 10.1. The highest BCUT2D eigenvalue weighted by molar-refractivity contribution is 6.06. The van der Waals surface area contributed by atoms with Gasteiger partial charge in [-0.2, -0.15) is 0 Å². The number of rotatable bonds is 6. The molecule has 0 amide bonds. The van der Waals surface area contributed by atoms with Crippen LogP contribution in [0.5, 0.6) is 5.75 Å². The summed E-state index contributed by atoms with van der Waals surface area (Å²) in [6.07, 6.45) is 7.32. The second-order valence-electron chi connectivity index (χ2n) is 8.78. The zero-order valence-corrected chi connectivity index (χ0v) is 18.8. The molecule has 0 spiro atoms. The van der Waals surface area contributed by atoms with E-state index in [9.17, 15) is 9.59 Å². The van der Waals surface area contributed by atoms with E-state index in [-0.39, 0.29) is 11.5 Å². The Hall–Kier alpha value is -3.12. The summed E-state index contributed by atoms with van der Waals surface area (Å²) in [4.78, 5) is 27.8. The number of aromatic nitrogens is 2. The van der Waals surface area contributed by atoms with Gasteiger partial charge in [-0.25, -0.2) is 4.79 Å². The maximum Gasteiger partial charge on any atom is 0.328 e. The van der Waals surface area contributed by atoms with E-state index in [0.29, 0.717) is 5.56 Å². The Balaban J connectivity index is 1.25. The lowest BCUT2D eigenvalue weighted by molar-refractivity contribution is 0.104. The van der Waals surface area contributed by atoms with Crippen molar-refractivity contribution < 1.29 is 9.53 Å². The molecule has 0 N–H and O–H groups in total. The molecule has 5 rings (SSSR count). The predicted octanol–water partition coefficient (Wildman–Crippen LogP) is 3.48. The Morgan fingerprint density at radius 1 is 1.16 bits per heavy atom. The molecule has 0 radical (unpaired) electrons. The summed E-state index contributed by atoms with van der Waals surface area (Å²) < 4.78 is 8.99. The molecule has 166 valence electrons. The number of fused-ring (bicyclic) bond motifs is 1. The molecule has 0 saturated heterocycles. The number of methoxy groups -OCH3 is 1. The van der Waals surface area contributed by atoms with Crippen LogP contribution in [-0.2, 0) is 33.0 Å². The SMILES string of the molecule is COc1cccc2c1CCN(CC/C=C/C(=O)c1cc3c4c(c1)n(C)c(=O)n4CCC3)C2. The van der Waals surface area contributed by atoms with Crippen molar-refractivity contribution in [1.82, 2.24) is 14.0 Å². The molecular formula is C26H29N3O3. The van der Waals surface area contributed by atoms with Gasteiger partial charge in [-0.1, -0.05) is 18.2 Å². The summed E-state index contributed by atoms with van der Waals surface area (Å²) >= 11 is 0. The molecule has 2 aliphatic rings. The van der Waals surface area contributed by atoms with E-state index in [4.69, 9.17) is 4.74 Å². The third kappa shape index (κ3) is 3.58. The van der Waals surface area contributed by atoms with Crippen LogP contribution in [0, 0.1) is 0 Å². The summed E-state index contributed by atoms with van der Waals surface area (Å²) in [6.45, 7) is 3.59. The molecule has 6 heteroatoms. The van der Waals surface area contributed by atoms with Gasteiger partial charge in [0, 0.05) is 38.8 Å². The topological polar surface area (TPSA) is 56.5 Å². The number of allylic oxidation sites excluding steroid dienone is 1. The number of ether oxygens (including phenoxy) is 1. The van der Waals surface area contributed by atoms with Crippen LogP contribution in [-0.4, -0.2) is 40.0 Å². The van der Waals surface area contributed by atoms with Crippen LogP contribution in [0.15, 0.2) is 47.3 Å². The fourth-order valence-corrected chi connectivity index (χ4v) is 5.15. The first kappa shape index (κ1) is 20.8. The van der Waals surface area contributed by atoms with Gasteiger partial charge in [0.2, 0.25) is 0 Å². The van der Waals surface area contributed by atoms with E-state index in [0.717, 1.165) is 74.2 Å². The van der Waals surface area contributed by atoms with Crippen LogP contribution in [0.2, 0.25) is 0 Å². The summed E-state index contributed by atoms with van der Waals surface area (Å²) in [7, 11) is 3.51. The highest BCUT2D eigenvalue weighted by atomic mass is 16.5. The predicted molar refractivity (Wildman–Crippen MR) is 126 cm³/mol. The van der Waals surface area contributed by atoms with Gasteiger partial charge in [0.05, 0.1) is 18.1 Å². The lowest BCUT2D eigenvalue weighted by Crippen LogP contribution is -2.31. The van der Waals surface area contributed by atoms with Gasteiger partial charge in [-0.15, -0.1) is 0 Å². The minimum Gasteiger partial charge on any atom is -0.496 e. The lowest BCUT2D eigenvalue weighted by atomic mass is 9.98. The molecule has 1 aromatic heterocycles. The fourth-order valence-electron chi connectivity index (χ4n) is 5.15. The van der Waals surface area contributed by atoms with Crippen LogP contribution in [0.4, 0.5) is 0 Å². The molecule has 6 nitrogen and oxygen atoms in total. The van der Waals surface area contributed by atoms with Crippen molar-refractivity contribution in [2.75, 3.05) is 20.2 Å². The van der Waals surface area contributed by atoms with Gasteiger partial charge in [-0.05, 0) is 66.6 Å². The van der Waals surface area contributed by atoms with E-state index in [1.807, 2.05) is 34.9 Å². The third-order valence-electron chi connectivity index (χ3n) is 6.83. The second-order valence-corrected chi connectivity index (χ2v) is 8.78. The number of ketones is 1. The zero-order chi connectivity index (χ0) is 22.2. The molecule has 2 aliphatic heterocycles. The van der Waals surface area contributed by atoms with Crippen molar-refractivity contribution >= 4 is 16.8 Å². The molecule has 3 aromatic rings. The summed E-state index contributed by atoms with van der Waals surface area (Å²) in [5.74, 6) is 0.985. The van der Waals surface area contributed by atoms with Crippen molar-refractivity contribution in [2.24, 2.45) is 7.05 Å². The van der Waals surface area contributed by atoms with Crippen LogP contribution >= 0.6 is 0 Å². The van der Waals surface area contributed by atoms with E-state index in [1.165, 1.54) is 11.1 Å². The van der Waals surface area contributed by atoms with Crippen LogP contribution in [0.1, 0.15) is 39.9 Å². The molecule has 3 heterocycles. The maximum absolute atomic E-state index is 12.9. The average molecular weight is 432 g/mol. The second kappa shape index (κ2) is 8.43. The number of hydrogen-bond donors (Lipinski definition) is 0. The molecular weight excluding hydrogens is 402 g/mol. The maximum atomic E-state index is 12.9. The van der Waals surface area contributed by atoms with Crippen molar-refractivity contribution in [2.45, 2.75) is 38.8 Å². The first-order chi connectivity index (χ1) is 15.6. The smallest absolute Gasteiger partial charge is 0.328 e. The third-order valence-corrected chi connectivity index (χ3v) is 6.83. The Kier molecular flexibility index (Phi) is 5.47. The van der Waals surface area contributed by atoms with Gasteiger partial charge in [0.25, 0.3) is 0 Å². The van der Waals surface area contributed by atoms with Gasteiger partial charge in [-0.3, -0.25) is 18.8 Å². The highest BCUT2D eigenvalue weighted by Gasteiger charge is 2.21. The van der Waals surface area contributed by atoms with E-state index < -0.39 is 0 Å². The van der Waals surface area contributed by atoms with Crippen LogP contribution in [0.25, 0.3) is 11.0 Å². The Labute approximate surface area is 187 Å². The lowest BCUT2D eigenvalue weighted by Gasteiger charge is -2.29. The van der Waals surface area contributed by atoms with Gasteiger partial charge in [0.1, 0.15) is 5.75 Å². The Morgan fingerprint density at radius 3 is 2.88 bits per heavy atom. The molecule has 0 aliphatic carbocycles. The quantitative estimate of drug-likeness (QED) is 0.443. The number of carbonyl (C=O) groups excluding carboxylic acids is 1. The van der Waals surface area contributed by atoms with Crippen LogP contribution in [0.3, 0.4) is 0 Å². The zero-order valence-electron chi connectivity index (χ0n) is 18.8. The van der Waals surface area contributed by atoms with Crippen LogP contribution < -0.4 is 10.4 Å². The van der Waals surface area contributed by atoms with Gasteiger partial charge in [0.15, 0.2) is 5.78 Å². The molecule has 2 aromatic carbocycles. The van der Waals surface area contributed by atoms with Crippen molar-refractivity contribution in [3.63, 3.8) is 0 Å². The molecule has 0 fully saturated rings. The largest absolute Gasteiger partial charge is 0.496 e. The standard InChI is InChI=1S/C26H29N3O3/c1-27-22-16-20(15-18-8-6-13-29(25(18)22)26(27)31)23(30)9-3-4-12-28-14-11-21-19(17-28)7-5-10-24(21)32-2/h3,5,7,9-10,15-16H,4,6,8,11-14,17H2,1-2H3/b9-3+. The first-order valence-electron chi connectivity index (χ1n) is 11.4. The van der Waals surface area contributed by atoms with E-state index >= 15 is 0 Å². The number of benzene rings is 2. The van der Waals surface area contributed by atoms with Gasteiger partial charge < -0.3 is 4.74 Å². The van der Waals surface area contributed by atoms with Crippen molar-refractivity contribution in [3.05, 3.63) is 75.2 Å². The number of hydrogen-bond acceptors (Lipinski definition) is 4. The fraction of sp³-hybridized carbons (Fsp3) is 0.385. The molecule has 0 saturated carbocycles. The molecule has 32 heavy (non-hydrogen) atoms. The Morgan fingerprint density at radius 2 is 2.03 bits per heavy atom.